The molecule has 1 amide bonds. The van der Waals surface area contributed by atoms with E-state index in [0.29, 0.717) is 11.3 Å². The average molecular weight is 341 g/mol. The molecule has 0 unspecified atom stereocenters. The molecule has 2 rings (SSSR count). The van der Waals surface area contributed by atoms with Gasteiger partial charge in [0.05, 0.1) is 0 Å². The molecule has 0 bridgehead atoms. The zero-order chi connectivity index (χ0) is 12.3. The Hall–Kier alpha value is -1.43. The molecule has 0 fully saturated rings. The Balaban J connectivity index is 2.14. The molecule has 2 aromatic carbocycles. The number of hydrogen-bond donors (Lipinski definition) is 1. The van der Waals surface area contributed by atoms with Gasteiger partial charge in [0.25, 0.3) is 5.91 Å². The van der Waals surface area contributed by atoms with Gasteiger partial charge < -0.3 is 5.32 Å². The number of carbonyl (C=O) groups is 1. The van der Waals surface area contributed by atoms with Gasteiger partial charge >= 0.3 is 0 Å². The highest BCUT2D eigenvalue weighted by molar-refractivity contribution is 14.1. The van der Waals surface area contributed by atoms with Crippen LogP contribution in [-0.4, -0.2) is 5.91 Å². The molecule has 0 radical (unpaired) electrons. The molecular weight excluding hydrogens is 332 g/mol. The largest absolute Gasteiger partial charge is 0.322 e. The van der Waals surface area contributed by atoms with Gasteiger partial charge in [-0.15, -0.1) is 0 Å². The summed E-state index contributed by atoms with van der Waals surface area (Å²) in [6.07, 6.45) is 0. The fraction of sp³-hybridized carbons (Fsp3) is 0. The number of hydrogen-bond acceptors (Lipinski definition) is 1. The third-order valence-corrected chi connectivity index (χ3v) is 2.91. The van der Waals surface area contributed by atoms with Gasteiger partial charge in [-0.2, -0.15) is 0 Å². The molecule has 2 aromatic rings. The smallest absolute Gasteiger partial charge is 0.255 e. The summed E-state index contributed by atoms with van der Waals surface area (Å²) < 4.78 is 14.0. The first kappa shape index (κ1) is 12.0. The van der Waals surface area contributed by atoms with Gasteiger partial charge in [-0.25, -0.2) is 4.39 Å². The molecule has 4 heteroatoms. The van der Waals surface area contributed by atoms with E-state index in [-0.39, 0.29) is 5.91 Å². The normalized spacial score (nSPS) is 10.0. The Kier molecular flexibility index (Phi) is 3.73. The van der Waals surface area contributed by atoms with Crippen LogP contribution in [0.3, 0.4) is 0 Å². The molecule has 1 N–H and O–H groups in total. The molecular formula is C13H9FINO. The van der Waals surface area contributed by atoms with E-state index in [1.54, 1.807) is 18.2 Å². The summed E-state index contributed by atoms with van der Waals surface area (Å²) in [6, 6.07) is 13.0. The minimum atomic E-state index is -0.416. The summed E-state index contributed by atoms with van der Waals surface area (Å²) in [5.74, 6) is -0.731. The van der Waals surface area contributed by atoms with Crippen molar-refractivity contribution in [2.45, 2.75) is 0 Å². The number of nitrogens with one attached hydrogen (secondary N) is 1. The van der Waals surface area contributed by atoms with E-state index >= 15 is 0 Å². The summed E-state index contributed by atoms with van der Waals surface area (Å²) in [4.78, 5) is 11.8. The van der Waals surface area contributed by atoms with Crippen LogP contribution in [0.5, 0.6) is 0 Å². The van der Waals surface area contributed by atoms with Crippen LogP contribution in [0.1, 0.15) is 10.4 Å². The van der Waals surface area contributed by atoms with Crippen LogP contribution >= 0.6 is 22.6 Å². The molecule has 2 nitrogen and oxygen atoms in total. The zero-order valence-electron chi connectivity index (χ0n) is 8.78. The van der Waals surface area contributed by atoms with Gasteiger partial charge in [0.2, 0.25) is 0 Å². The van der Waals surface area contributed by atoms with E-state index in [9.17, 15) is 9.18 Å². The van der Waals surface area contributed by atoms with Gasteiger partial charge in [0.15, 0.2) is 0 Å². The Morgan fingerprint density at radius 1 is 1.12 bits per heavy atom. The standard InChI is InChI=1S/C13H9FINO/c14-10-3-1-2-9(8-10)13(17)16-12-6-4-11(15)5-7-12/h1-8H,(H,16,17). The number of carbonyl (C=O) groups excluding carboxylic acids is 1. The molecule has 0 saturated carbocycles. The van der Waals surface area contributed by atoms with E-state index in [1.165, 1.54) is 18.2 Å². The van der Waals surface area contributed by atoms with E-state index in [1.807, 2.05) is 12.1 Å². The van der Waals surface area contributed by atoms with Crippen LogP contribution in [0, 0.1) is 9.39 Å². The maximum absolute atomic E-state index is 12.9. The van der Waals surface area contributed by atoms with Crippen LogP contribution in [0.2, 0.25) is 0 Å². The number of anilines is 1. The summed E-state index contributed by atoms with van der Waals surface area (Å²) in [7, 11) is 0. The second kappa shape index (κ2) is 5.27. The molecule has 86 valence electrons. The van der Waals surface area contributed by atoms with Crippen molar-refractivity contribution in [2.75, 3.05) is 5.32 Å². The lowest BCUT2D eigenvalue weighted by molar-refractivity contribution is 0.102. The monoisotopic (exact) mass is 341 g/mol. The van der Waals surface area contributed by atoms with E-state index in [0.717, 1.165) is 3.57 Å². The lowest BCUT2D eigenvalue weighted by atomic mass is 10.2. The van der Waals surface area contributed by atoms with Crippen LogP contribution < -0.4 is 5.32 Å². The van der Waals surface area contributed by atoms with E-state index < -0.39 is 5.82 Å². The molecule has 0 spiro atoms. The molecule has 0 aliphatic carbocycles. The first-order valence-electron chi connectivity index (χ1n) is 4.97. The fourth-order valence-corrected chi connectivity index (χ4v) is 1.73. The average Bonchev–Trinajstić information content (AvgIpc) is 2.32. The van der Waals surface area contributed by atoms with E-state index in [2.05, 4.69) is 27.9 Å². The van der Waals surface area contributed by atoms with Crippen molar-refractivity contribution in [3.63, 3.8) is 0 Å². The third kappa shape index (κ3) is 3.26. The predicted octanol–water partition coefficient (Wildman–Crippen LogP) is 3.68. The SMILES string of the molecule is O=C(Nc1ccc(I)cc1)c1cccc(F)c1. The Labute approximate surface area is 112 Å². The van der Waals surface area contributed by atoms with Crippen LogP contribution in [0.15, 0.2) is 48.5 Å². The quantitative estimate of drug-likeness (QED) is 0.830. The molecule has 0 aliphatic heterocycles. The molecule has 0 saturated heterocycles. The van der Waals surface area contributed by atoms with Crippen molar-refractivity contribution in [3.8, 4) is 0 Å². The first-order valence-corrected chi connectivity index (χ1v) is 6.05. The van der Waals surface area contributed by atoms with Crippen molar-refractivity contribution in [1.29, 1.82) is 0 Å². The lowest BCUT2D eigenvalue weighted by Gasteiger charge is -2.05. The maximum atomic E-state index is 12.9. The lowest BCUT2D eigenvalue weighted by Crippen LogP contribution is -2.11. The summed E-state index contributed by atoms with van der Waals surface area (Å²) in [5, 5.41) is 2.70. The van der Waals surface area contributed by atoms with Crippen molar-refractivity contribution in [2.24, 2.45) is 0 Å². The van der Waals surface area contributed by atoms with Crippen molar-refractivity contribution >= 4 is 34.2 Å². The van der Waals surface area contributed by atoms with Crippen molar-refractivity contribution < 1.29 is 9.18 Å². The number of amides is 1. The number of benzene rings is 2. The summed E-state index contributed by atoms with van der Waals surface area (Å²) in [5.41, 5.74) is 1.00. The van der Waals surface area contributed by atoms with Crippen LogP contribution in [0.25, 0.3) is 0 Å². The highest BCUT2D eigenvalue weighted by Gasteiger charge is 2.06. The topological polar surface area (TPSA) is 29.1 Å². The van der Waals surface area contributed by atoms with Gasteiger partial charge in [0.1, 0.15) is 5.82 Å². The fourth-order valence-electron chi connectivity index (χ4n) is 1.37. The zero-order valence-corrected chi connectivity index (χ0v) is 10.9. The first-order chi connectivity index (χ1) is 8.15. The highest BCUT2D eigenvalue weighted by Crippen LogP contribution is 2.13. The Morgan fingerprint density at radius 3 is 2.47 bits per heavy atom. The number of halogens is 2. The molecule has 17 heavy (non-hydrogen) atoms. The van der Waals surface area contributed by atoms with E-state index in [4.69, 9.17) is 0 Å². The van der Waals surface area contributed by atoms with Gasteiger partial charge in [-0.1, -0.05) is 6.07 Å². The Bertz CT molecular complexity index is 539. The highest BCUT2D eigenvalue weighted by atomic mass is 127. The number of rotatable bonds is 2. The minimum Gasteiger partial charge on any atom is -0.322 e. The molecule has 0 heterocycles. The predicted molar refractivity (Wildman–Crippen MR) is 73.5 cm³/mol. The maximum Gasteiger partial charge on any atom is 0.255 e. The second-order valence-electron chi connectivity index (χ2n) is 3.47. The molecule has 0 aromatic heterocycles. The molecule has 0 aliphatic rings. The van der Waals surface area contributed by atoms with Crippen LogP contribution in [-0.2, 0) is 0 Å². The third-order valence-electron chi connectivity index (χ3n) is 2.19. The van der Waals surface area contributed by atoms with Crippen molar-refractivity contribution in [1.82, 2.24) is 0 Å². The summed E-state index contributed by atoms with van der Waals surface area (Å²) in [6.45, 7) is 0. The Morgan fingerprint density at radius 2 is 1.82 bits per heavy atom. The van der Waals surface area contributed by atoms with Gasteiger partial charge in [0, 0.05) is 14.8 Å². The summed E-state index contributed by atoms with van der Waals surface area (Å²) >= 11 is 2.18. The second-order valence-corrected chi connectivity index (χ2v) is 4.72. The van der Waals surface area contributed by atoms with Gasteiger partial charge in [-0.3, -0.25) is 4.79 Å². The van der Waals surface area contributed by atoms with Crippen LogP contribution in [0.4, 0.5) is 10.1 Å². The minimum absolute atomic E-state index is 0.309. The van der Waals surface area contributed by atoms with Gasteiger partial charge in [-0.05, 0) is 65.1 Å². The van der Waals surface area contributed by atoms with Crippen molar-refractivity contribution in [3.05, 3.63) is 63.5 Å². The molecule has 0 atom stereocenters.